The Labute approximate surface area is 82.2 Å². The van der Waals surface area contributed by atoms with Crippen LogP contribution in [-0.2, 0) is 6.18 Å². The maximum Gasteiger partial charge on any atom is 0.433 e. The van der Waals surface area contributed by atoms with Crippen molar-refractivity contribution in [1.29, 1.82) is 0 Å². The van der Waals surface area contributed by atoms with Crippen LogP contribution in [0, 0.1) is 0 Å². The van der Waals surface area contributed by atoms with Gasteiger partial charge in [0.05, 0.1) is 6.20 Å². The molecule has 0 amide bonds. The van der Waals surface area contributed by atoms with Crippen LogP contribution in [0.1, 0.15) is 5.69 Å². The van der Waals surface area contributed by atoms with Crippen LogP contribution >= 0.6 is 0 Å². The Bertz CT molecular complexity index is 448. The highest BCUT2D eigenvalue weighted by Crippen LogP contribution is 2.34. The number of hydrogen-bond donors (Lipinski definition) is 1. The first-order valence-electron chi connectivity index (χ1n) is 3.95. The lowest BCUT2D eigenvalue weighted by Crippen LogP contribution is -2.07. The number of aromatic amines is 1. The predicted molar refractivity (Wildman–Crippen MR) is 44.6 cm³/mol. The maximum absolute atomic E-state index is 12.5. The quantitative estimate of drug-likeness (QED) is 0.788. The minimum absolute atomic E-state index is 0.0527. The number of aromatic nitrogens is 4. The van der Waals surface area contributed by atoms with E-state index in [9.17, 15) is 13.2 Å². The summed E-state index contributed by atoms with van der Waals surface area (Å²) < 4.78 is 37.4. The van der Waals surface area contributed by atoms with Crippen molar-refractivity contribution >= 4 is 0 Å². The molecule has 2 aromatic heterocycles. The molecule has 0 aliphatic heterocycles. The van der Waals surface area contributed by atoms with Crippen molar-refractivity contribution in [2.45, 2.75) is 6.18 Å². The van der Waals surface area contributed by atoms with E-state index >= 15 is 0 Å². The Morgan fingerprint density at radius 2 is 1.73 bits per heavy atom. The maximum atomic E-state index is 12.5. The molecule has 0 unspecified atom stereocenters. The van der Waals surface area contributed by atoms with Gasteiger partial charge >= 0.3 is 6.18 Å². The van der Waals surface area contributed by atoms with Gasteiger partial charge in [-0.3, -0.25) is 5.10 Å². The van der Waals surface area contributed by atoms with Crippen LogP contribution in [0.4, 0.5) is 13.2 Å². The molecule has 0 spiro atoms. The molecule has 78 valence electrons. The van der Waals surface area contributed by atoms with Crippen molar-refractivity contribution in [3.63, 3.8) is 0 Å². The van der Waals surface area contributed by atoms with E-state index in [0.29, 0.717) is 0 Å². The number of hydrogen-bond acceptors (Lipinski definition) is 3. The highest BCUT2D eigenvalue weighted by atomic mass is 19.4. The molecular weight excluding hydrogens is 209 g/mol. The highest BCUT2D eigenvalue weighted by molar-refractivity contribution is 5.63. The zero-order chi connectivity index (χ0) is 10.9. The average molecular weight is 214 g/mol. The normalized spacial score (nSPS) is 11.7. The van der Waals surface area contributed by atoms with Crippen molar-refractivity contribution in [2.24, 2.45) is 0 Å². The molecule has 15 heavy (non-hydrogen) atoms. The summed E-state index contributed by atoms with van der Waals surface area (Å²) in [7, 11) is 0. The van der Waals surface area contributed by atoms with E-state index in [0.717, 1.165) is 6.20 Å². The zero-order valence-corrected chi connectivity index (χ0v) is 7.28. The molecule has 1 N–H and O–H groups in total. The summed E-state index contributed by atoms with van der Waals surface area (Å²) >= 11 is 0. The minimum Gasteiger partial charge on any atom is -0.273 e. The Morgan fingerprint density at radius 3 is 2.33 bits per heavy atom. The van der Waals surface area contributed by atoms with Crippen LogP contribution in [0.15, 0.2) is 24.9 Å². The third-order valence-corrected chi connectivity index (χ3v) is 1.79. The van der Waals surface area contributed by atoms with Gasteiger partial charge in [-0.2, -0.15) is 18.3 Å². The Morgan fingerprint density at radius 1 is 1.07 bits per heavy atom. The third kappa shape index (κ3) is 1.80. The van der Waals surface area contributed by atoms with Gasteiger partial charge in [-0.05, 0) is 0 Å². The molecule has 0 aromatic carbocycles. The second-order valence-corrected chi connectivity index (χ2v) is 2.78. The first-order valence-corrected chi connectivity index (χ1v) is 3.95. The predicted octanol–water partition coefficient (Wildman–Crippen LogP) is 1.89. The van der Waals surface area contributed by atoms with Gasteiger partial charge in [-0.15, -0.1) is 0 Å². The summed E-state index contributed by atoms with van der Waals surface area (Å²) in [6.07, 6.45) is 0.486. The topological polar surface area (TPSA) is 54.5 Å². The van der Waals surface area contributed by atoms with Crippen LogP contribution in [0.25, 0.3) is 11.1 Å². The molecule has 0 saturated heterocycles. The molecule has 0 fully saturated rings. The van der Waals surface area contributed by atoms with Crippen LogP contribution < -0.4 is 0 Å². The van der Waals surface area contributed by atoms with Crippen LogP contribution in [0.2, 0.25) is 0 Å². The fraction of sp³-hybridized carbons (Fsp3) is 0.125. The van der Waals surface area contributed by atoms with E-state index in [-0.39, 0.29) is 11.1 Å². The SMILES string of the molecule is FC(F)(F)c1[nH]ncc1-c1cncnc1. The smallest absolute Gasteiger partial charge is 0.273 e. The Balaban J connectivity index is 2.51. The lowest BCUT2D eigenvalue weighted by atomic mass is 10.1. The van der Waals surface area contributed by atoms with Gasteiger partial charge in [0.1, 0.15) is 12.0 Å². The summed E-state index contributed by atoms with van der Waals surface area (Å²) in [5.74, 6) is 0. The number of nitrogens with zero attached hydrogens (tertiary/aromatic N) is 3. The Kier molecular flexibility index (Phi) is 2.14. The number of rotatable bonds is 1. The van der Waals surface area contributed by atoms with Crippen LogP contribution in [-0.4, -0.2) is 20.2 Å². The van der Waals surface area contributed by atoms with Gasteiger partial charge in [-0.25, -0.2) is 9.97 Å². The standard InChI is InChI=1S/C8H5F3N4/c9-8(10,11)7-6(3-14-15-7)5-1-12-4-13-2-5/h1-4H,(H,14,15). The van der Waals surface area contributed by atoms with Crippen molar-refractivity contribution in [2.75, 3.05) is 0 Å². The third-order valence-electron chi connectivity index (χ3n) is 1.79. The van der Waals surface area contributed by atoms with E-state index < -0.39 is 11.9 Å². The summed E-state index contributed by atoms with van der Waals surface area (Å²) in [5.41, 5.74) is -0.668. The largest absolute Gasteiger partial charge is 0.433 e. The number of nitrogens with one attached hydrogen (secondary N) is 1. The van der Waals surface area contributed by atoms with E-state index in [2.05, 4.69) is 15.1 Å². The molecule has 0 aliphatic carbocycles. The molecule has 0 radical (unpaired) electrons. The lowest BCUT2D eigenvalue weighted by molar-refractivity contribution is -0.140. The summed E-state index contributed by atoms with van der Waals surface area (Å²) in [5, 5.41) is 5.28. The van der Waals surface area contributed by atoms with E-state index in [1.165, 1.54) is 18.7 Å². The molecule has 0 aliphatic rings. The molecule has 2 rings (SSSR count). The molecule has 0 atom stereocenters. The summed E-state index contributed by atoms with van der Waals surface area (Å²) in [6.45, 7) is 0. The second-order valence-electron chi connectivity index (χ2n) is 2.78. The minimum atomic E-state index is -4.46. The molecule has 4 nitrogen and oxygen atoms in total. The first kappa shape index (κ1) is 9.63. The monoisotopic (exact) mass is 214 g/mol. The summed E-state index contributed by atoms with van der Waals surface area (Å²) in [6, 6.07) is 0. The van der Waals surface area contributed by atoms with Crippen LogP contribution in [0.5, 0.6) is 0 Å². The van der Waals surface area contributed by atoms with Gasteiger partial charge in [0.2, 0.25) is 0 Å². The number of halogens is 3. The molecular formula is C8H5F3N4. The van der Waals surface area contributed by atoms with Crippen molar-refractivity contribution in [3.05, 3.63) is 30.6 Å². The zero-order valence-electron chi connectivity index (χ0n) is 7.28. The van der Waals surface area contributed by atoms with Crippen LogP contribution in [0.3, 0.4) is 0 Å². The molecule has 2 aromatic rings. The van der Waals surface area contributed by atoms with Gasteiger partial charge in [-0.1, -0.05) is 0 Å². The van der Waals surface area contributed by atoms with Gasteiger partial charge in [0.25, 0.3) is 0 Å². The molecule has 7 heteroatoms. The van der Waals surface area contributed by atoms with Crippen molar-refractivity contribution in [3.8, 4) is 11.1 Å². The number of H-pyrrole nitrogens is 1. The van der Waals surface area contributed by atoms with Gasteiger partial charge in [0.15, 0.2) is 0 Å². The lowest BCUT2D eigenvalue weighted by Gasteiger charge is -2.05. The van der Waals surface area contributed by atoms with E-state index in [1.54, 1.807) is 0 Å². The summed E-state index contributed by atoms with van der Waals surface area (Å²) in [4.78, 5) is 7.29. The molecule has 2 heterocycles. The molecule has 0 saturated carbocycles. The fourth-order valence-electron chi connectivity index (χ4n) is 1.16. The van der Waals surface area contributed by atoms with E-state index in [1.807, 2.05) is 5.10 Å². The Hall–Kier alpha value is -1.92. The van der Waals surface area contributed by atoms with Crippen molar-refractivity contribution < 1.29 is 13.2 Å². The number of alkyl halides is 3. The van der Waals surface area contributed by atoms with E-state index in [4.69, 9.17) is 0 Å². The highest BCUT2D eigenvalue weighted by Gasteiger charge is 2.35. The average Bonchev–Trinajstić information content (AvgIpc) is 2.67. The van der Waals surface area contributed by atoms with Crippen molar-refractivity contribution in [1.82, 2.24) is 20.2 Å². The fourth-order valence-corrected chi connectivity index (χ4v) is 1.16. The second kappa shape index (κ2) is 3.34. The van der Waals surface area contributed by atoms with Gasteiger partial charge < -0.3 is 0 Å². The first-order chi connectivity index (χ1) is 7.09. The van der Waals surface area contributed by atoms with Gasteiger partial charge in [0, 0.05) is 23.5 Å². The molecule has 0 bridgehead atoms.